The van der Waals surface area contributed by atoms with E-state index in [1.807, 2.05) is 0 Å². The molecular formula is C27H18BrNO6. The molecule has 3 aromatic rings. The molecule has 0 N–H and O–H groups in total. The fourth-order valence-electron chi connectivity index (χ4n) is 5.52. The monoisotopic (exact) mass is 531 g/mol. The smallest absolute Gasteiger partial charge is 0.241 e. The zero-order valence-corrected chi connectivity index (χ0v) is 20.0. The highest BCUT2D eigenvalue weighted by Crippen LogP contribution is 2.58. The number of carbonyl (C=O) groups is 4. The number of benzene rings is 3. The third-order valence-electron chi connectivity index (χ3n) is 7.04. The summed E-state index contributed by atoms with van der Waals surface area (Å²) in [6.07, 6.45) is -0.966. The quantitative estimate of drug-likeness (QED) is 0.372. The van der Waals surface area contributed by atoms with Crippen LogP contribution in [0.4, 0.5) is 5.69 Å². The zero-order chi connectivity index (χ0) is 24.5. The number of hydrogen-bond acceptors (Lipinski definition) is 6. The molecule has 2 saturated heterocycles. The van der Waals surface area contributed by atoms with Gasteiger partial charge in [0.15, 0.2) is 0 Å². The van der Waals surface area contributed by atoms with E-state index in [2.05, 4.69) is 15.9 Å². The van der Waals surface area contributed by atoms with Gasteiger partial charge in [-0.05, 0) is 29.8 Å². The fraction of sp³-hybridized carbons (Fsp3) is 0.185. The van der Waals surface area contributed by atoms with Crippen LogP contribution in [0.2, 0.25) is 0 Å². The van der Waals surface area contributed by atoms with Gasteiger partial charge in [0, 0.05) is 15.6 Å². The van der Waals surface area contributed by atoms with E-state index < -0.39 is 46.9 Å². The highest BCUT2D eigenvalue weighted by molar-refractivity contribution is 9.10. The number of amides is 2. The van der Waals surface area contributed by atoms with Gasteiger partial charge < -0.3 is 9.47 Å². The van der Waals surface area contributed by atoms with Crippen molar-refractivity contribution in [2.24, 2.45) is 11.8 Å². The first-order chi connectivity index (χ1) is 16.9. The topological polar surface area (TPSA) is 90.0 Å². The summed E-state index contributed by atoms with van der Waals surface area (Å²) in [5, 5.41) is 0. The number of methoxy groups -OCH3 is 1. The van der Waals surface area contributed by atoms with Crippen LogP contribution in [0.3, 0.4) is 0 Å². The summed E-state index contributed by atoms with van der Waals surface area (Å²) in [6.45, 7) is 0. The fourth-order valence-corrected chi connectivity index (χ4v) is 5.79. The van der Waals surface area contributed by atoms with Crippen LogP contribution in [0.25, 0.3) is 0 Å². The minimum atomic E-state index is -2.10. The normalized spacial score (nSPS) is 24.3. The molecule has 174 valence electrons. The van der Waals surface area contributed by atoms with E-state index in [0.29, 0.717) is 11.3 Å². The van der Waals surface area contributed by atoms with Crippen molar-refractivity contribution >= 4 is 45.0 Å². The number of imide groups is 1. The molecule has 1 aliphatic carbocycles. The molecule has 2 aliphatic heterocycles. The summed E-state index contributed by atoms with van der Waals surface area (Å²) >= 11 is 3.39. The number of Topliss-reactive ketones (excluding diaryl/α,β-unsaturated/α-hetero) is 2. The van der Waals surface area contributed by atoms with Gasteiger partial charge in [-0.3, -0.25) is 19.2 Å². The van der Waals surface area contributed by atoms with Gasteiger partial charge in [0.2, 0.25) is 29.0 Å². The summed E-state index contributed by atoms with van der Waals surface area (Å²) in [5.41, 5.74) is -0.846. The summed E-state index contributed by atoms with van der Waals surface area (Å²) < 4.78 is 12.5. The predicted octanol–water partition coefficient (Wildman–Crippen LogP) is 4.15. The summed E-state index contributed by atoms with van der Waals surface area (Å²) in [4.78, 5) is 56.4. The molecule has 6 rings (SSSR count). The number of hydrogen-bond donors (Lipinski definition) is 0. The van der Waals surface area contributed by atoms with Crippen LogP contribution in [0, 0.1) is 11.8 Å². The van der Waals surface area contributed by atoms with Crippen molar-refractivity contribution in [3.8, 4) is 5.75 Å². The third kappa shape index (κ3) is 2.81. The Hall–Kier alpha value is -3.62. The average Bonchev–Trinajstić information content (AvgIpc) is 3.44. The van der Waals surface area contributed by atoms with Gasteiger partial charge in [-0.2, -0.15) is 0 Å². The van der Waals surface area contributed by atoms with Gasteiger partial charge in [-0.1, -0.05) is 64.5 Å². The highest BCUT2D eigenvalue weighted by atomic mass is 79.9. The SMILES string of the molecule is COc1ccccc1N1C(=O)[C@H]2[C@@H](C1=O)C1(O[C@H]2c2ccc(Br)cc2)C(=O)c2ccccc2C1=O. The Morgan fingerprint density at radius 3 is 2.06 bits per heavy atom. The molecule has 0 radical (unpaired) electrons. The Balaban J connectivity index is 1.55. The number of anilines is 1. The number of para-hydroxylation sites is 2. The number of fused-ring (bicyclic) bond motifs is 3. The van der Waals surface area contributed by atoms with Gasteiger partial charge >= 0.3 is 0 Å². The molecule has 35 heavy (non-hydrogen) atoms. The molecule has 2 heterocycles. The van der Waals surface area contributed by atoms with E-state index in [9.17, 15) is 19.2 Å². The zero-order valence-electron chi connectivity index (χ0n) is 18.4. The van der Waals surface area contributed by atoms with E-state index in [4.69, 9.17) is 9.47 Å². The number of rotatable bonds is 3. The van der Waals surface area contributed by atoms with Crippen LogP contribution in [-0.2, 0) is 14.3 Å². The largest absolute Gasteiger partial charge is 0.495 e. The van der Waals surface area contributed by atoms with E-state index in [1.54, 1.807) is 72.8 Å². The van der Waals surface area contributed by atoms with Crippen LogP contribution in [0.5, 0.6) is 5.75 Å². The van der Waals surface area contributed by atoms with E-state index >= 15 is 0 Å². The van der Waals surface area contributed by atoms with Crippen molar-refractivity contribution in [3.63, 3.8) is 0 Å². The molecule has 0 bridgehead atoms. The van der Waals surface area contributed by atoms with Crippen molar-refractivity contribution < 1.29 is 28.7 Å². The van der Waals surface area contributed by atoms with Gasteiger partial charge in [0.1, 0.15) is 5.75 Å². The van der Waals surface area contributed by atoms with Crippen molar-refractivity contribution in [2.45, 2.75) is 11.7 Å². The minimum absolute atomic E-state index is 0.198. The first-order valence-corrected chi connectivity index (χ1v) is 11.8. The van der Waals surface area contributed by atoms with Crippen LogP contribution >= 0.6 is 15.9 Å². The molecule has 3 atom stereocenters. The lowest BCUT2D eigenvalue weighted by Crippen LogP contribution is -2.51. The highest BCUT2D eigenvalue weighted by Gasteiger charge is 2.74. The van der Waals surface area contributed by atoms with Gasteiger partial charge in [-0.15, -0.1) is 0 Å². The Kier molecular flexibility index (Phi) is 4.81. The molecule has 0 saturated carbocycles. The number of halogens is 1. The second kappa shape index (κ2) is 7.69. The predicted molar refractivity (Wildman–Crippen MR) is 128 cm³/mol. The second-order valence-electron chi connectivity index (χ2n) is 8.72. The van der Waals surface area contributed by atoms with E-state index in [1.165, 1.54) is 7.11 Å². The van der Waals surface area contributed by atoms with Crippen LogP contribution < -0.4 is 9.64 Å². The Morgan fingerprint density at radius 1 is 0.829 bits per heavy atom. The maximum atomic E-state index is 14.0. The molecule has 7 nitrogen and oxygen atoms in total. The van der Waals surface area contributed by atoms with Gasteiger partial charge in [-0.25, -0.2) is 4.90 Å². The van der Waals surface area contributed by atoms with Crippen molar-refractivity contribution in [2.75, 3.05) is 12.0 Å². The van der Waals surface area contributed by atoms with Crippen molar-refractivity contribution in [3.05, 3.63) is 94.0 Å². The average molecular weight is 532 g/mol. The van der Waals surface area contributed by atoms with Crippen LogP contribution in [0.15, 0.2) is 77.3 Å². The molecular weight excluding hydrogens is 514 g/mol. The first kappa shape index (κ1) is 21.9. The molecule has 2 amide bonds. The maximum Gasteiger partial charge on any atom is 0.241 e. The van der Waals surface area contributed by atoms with Crippen molar-refractivity contribution in [1.82, 2.24) is 0 Å². The van der Waals surface area contributed by atoms with Gasteiger partial charge in [0.05, 0.1) is 30.7 Å². The van der Waals surface area contributed by atoms with Crippen LogP contribution in [-0.4, -0.2) is 36.1 Å². The third-order valence-corrected chi connectivity index (χ3v) is 7.57. The Bertz CT molecular complexity index is 1400. The molecule has 0 unspecified atom stereocenters. The second-order valence-corrected chi connectivity index (χ2v) is 9.63. The number of carbonyl (C=O) groups excluding carboxylic acids is 4. The van der Waals surface area contributed by atoms with E-state index in [-0.39, 0.29) is 16.8 Å². The molecule has 1 spiro atoms. The van der Waals surface area contributed by atoms with E-state index in [0.717, 1.165) is 9.37 Å². The standard InChI is InChI=1S/C27H18BrNO6/c1-34-19-9-5-4-8-18(19)29-25(32)20-21(26(29)33)27(35-22(20)14-10-12-15(28)13-11-14)23(30)16-6-2-3-7-17(16)24(27)31/h2-13,20-22H,1H3/t20-,21-,22-/m0/s1. The molecule has 3 aliphatic rings. The molecule has 3 aromatic carbocycles. The minimum Gasteiger partial charge on any atom is -0.495 e. The molecule has 2 fully saturated rings. The molecule has 0 aromatic heterocycles. The van der Waals surface area contributed by atoms with Gasteiger partial charge in [0.25, 0.3) is 0 Å². The lowest BCUT2D eigenvalue weighted by molar-refractivity contribution is -0.127. The lowest BCUT2D eigenvalue weighted by Gasteiger charge is -2.27. The lowest BCUT2D eigenvalue weighted by atomic mass is 9.77. The maximum absolute atomic E-state index is 14.0. The summed E-state index contributed by atoms with van der Waals surface area (Å²) in [6, 6.07) is 20.2. The first-order valence-electron chi connectivity index (χ1n) is 11.0. The Morgan fingerprint density at radius 2 is 1.43 bits per heavy atom. The summed E-state index contributed by atoms with van der Waals surface area (Å²) in [5.74, 6) is -4.40. The number of nitrogens with zero attached hydrogens (tertiary/aromatic N) is 1. The summed E-state index contributed by atoms with van der Waals surface area (Å²) in [7, 11) is 1.45. The van der Waals surface area contributed by atoms with Crippen molar-refractivity contribution in [1.29, 1.82) is 0 Å². The number of ether oxygens (including phenoxy) is 2. The van der Waals surface area contributed by atoms with Crippen LogP contribution in [0.1, 0.15) is 32.4 Å². The molecule has 8 heteroatoms. The Labute approximate surface area is 208 Å². The number of ketones is 2.